The highest BCUT2D eigenvalue weighted by Crippen LogP contribution is 2.43. The second kappa shape index (κ2) is 6.65. The van der Waals surface area contributed by atoms with Gasteiger partial charge >= 0.3 is 0 Å². The monoisotopic (exact) mass is 420 g/mol. The number of thiophene rings is 1. The van der Waals surface area contributed by atoms with E-state index in [1.807, 2.05) is 18.2 Å². The van der Waals surface area contributed by atoms with Crippen molar-refractivity contribution in [3.8, 4) is 5.75 Å². The van der Waals surface area contributed by atoms with Crippen LogP contribution in [0.3, 0.4) is 0 Å². The summed E-state index contributed by atoms with van der Waals surface area (Å²) in [5.74, 6) is 1.57. The first-order valence-corrected chi connectivity index (χ1v) is 10.3. The zero-order valence-electron chi connectivity index (χ0n) is 14.3. The Bertz CT molecular complexity index is 833. The molecule has 4 nitrogen and oxygen atoms in total. The largest absolute Gasteiger partial charge is 0.496 e. The zero-order chi connectivity index (χ0) is 17.6. The van der Waals surface area contributed by atoms with Crippen LogP contribution in [0.1, 0.15) is 52.3 Å². The molecule has 0 fully saturated rings. The Balaban J connectivity index is 1.65. The van der Waals surface area contributed by atoms with Crippen LogP contribution in [0, 0.1) is 5.92 Å². The molecule has 4 rings (SSSR count). The molecule has 1 aliphatic carbocycles. The lowest BCUT2D eigenvalue weighted by Crippen LogP contribution is -2.38. The summed E-state index contributed by atoms with van der Waals surface area (Å²) < 4.78 is 6.17. The first kappa shape index (κ1) is 16.9. The molecule has 1 aliphatic heterocycles. The molecule has 0 saturated carbocycles. The van der Waals surface area contributed by atoms with Crippen molar-refractivity contribution in [2.75, 3.05) is 12.4 Å². The molecule has 0 radical (unpaired) electrons. The van der Waals surface area contributed by atoms with Gasteiger partial charge in [-0.3, -0.25) is 4.79 Å². The van der Waals surface area contributed by atoms with Crippen LogP contribution in [0.25, 0.3) is 0 Å². The van der Waals surface area contributed by atoms with E-state index in [0.29, 0.717) is 0 Å². The molecule has 0 saturated heterocycles. The number of rotatable bonds is 3. The number of anilines is 1. The summed E-state index contributed by atoms with van der Waals surface area (Å²) in [6, 6.07) is 5.88. The van der Waals surface area contributed by atoms with E-state index >= 15 is 0 Å². The van der Waals surface area contributed by atoms with E-state index in [-0.39, 0.29) is 12.1 Å². The Labute approximate surface area is 160 Å². The van der Waals surface area contributed by atoms with Crippen LogP contribution >= 0.6 is 27.3 Å². The minimum atomic E-state index is -0.218. The van der Waals surface area contributed by atoms with E-state index in [2.05, 4.69) is 33.5 Å². The van der Waals surface area contributed by atoms with Crippen molar-refractivity contribution < 1.29 is 9.53 Å². The Hall–Kier alpha value is -1.53. The van der Waals surface area contributed by atoms with E-state index in [1.54, 1.807) is 18.4 Å². The maximum atomic E-state index is 12.8. The highest BCUT2D eigenvalue weighted by molar-refractivity contribution is 9.10. The molecule has 6 heteroatoms. The van der Waals surface area contributed by atoms with Crippen LogP contribution in [0.5, 0.6) is 5.75 Å². The molecule has 2 N–H and O–H groups in total. The van der Waals surface area contributed by atoms with Gasteiger partial charge in [0.05, 0.1) is 17.1 Å². The maximum Gasteiger partial charge on any atom is 0.256 e. The third-order valence-electron chi connectivity index (χ3n) is 5.23. The van der Waals surface area contributed by atoms with Crippen LogP contribution < -0.4 is 15.4 Å². The van der Waals surface area contributed by atoms with Gasteiger partial charge in [-0.15, -0.1) is 11.3 Å². The molecule has 0 spiro atoms. The molecule has 0 bridgehead atoms. The van der Waals surface area contributed by atoms with Crippen LogP contribution in [-0.4, -0.2) is 13.0 Å². The molecular weight excluding hydrogens is 400 g/mol. The lowest BCUT2D eigenvalue weighted by Gasteiger charge is -2.27. The number of nitrogens with one attached hydrogen (secondary N) is 2. The van der Waals surface area contributed by atoms with Gasteiger partial charge in [-0.25, -0.2) is 0 Å². The van der Waals surface area contributed by atoms with Crippen molar-refractivity contribution in [1.82, 2.24) is 5.32 Å². The number of ether oxygens (including phenoxy) is 1. The molecule has 1 amide bonds. The van der Waals surface area contributed by atoms with Gasteiger partial charge in [0, 0.05) is 4.88 Å². The van der Waals surface area contributed by atoms with E-state index < -0.39 is 0 Å². The molecular formula is C19H21BrN2O2S. The number of halogens is 1. The number of amides is 1. The molecule has 1 aromatic heterocycles. The Morgan fingerprint density at radius 2 is 2.20 bits per heavy atom. The van der Waals surface area contributed by atoms with Crippen LogP contribution in [0.2, 0.25) is 0 Å². The number of hydrogen-bond acceptors (Lipinski definition) is 4. The van der Waals surface area contributed by atoms with Gasteiger partial charge in [0.15, 0.2) is 0 Å². The van der Waals surface area contributed by atoms with Crippen molar-refractivity contribution in [1.29, 1.82) is 0 Å². The van der Waals surface area contributed by atoms with E-state index in [1.165, 1.54) is 23.3 Å². The lowest BCUT2D eigenvalue weighted by molar-refractivity contribution is 0.0935. The topological polar surface area (TPSA) is 50.4 Å². The second-order valence-electron chi connectivity index (χ2n) is 6.67. The van der Waals surface area contributed by atoms with E-state index in [0.717, 1.165) is 45.1 Å². The average Bonchev–Trinajstić information content (AvgIpc) is 2.99. The molecule has 2 aromatic rings. The number of fused-ring (bicyclic) bond motifs is 3. The first-order chi connectivity index (χ1) is 12.1. The maximum absolute atomic E-state index is 12.8. The minimum absolute atomic E-state index is 0.0399. The summed E-state index contributed by atoms with van der Waals surface area (Å²) in [4.78, 5) is 14.2. The lowest BCUT2D eigenvalue weighted by atomic mass is 9.85. The summed E-state index contributed by atoms with van der Waals surface area (Å²) in [6.07, 6.45) is 4.31. The highest BCUT2D eigenvalue weighted by Gasteiger charge is 2.33. The van der Waals surface area contributed by atoms with Crippen molar-refractivity contribution in [2.24, 2.45) is 5.92 Å². The Morgan fingerprint density at radius 1 is 1.36 bits per heavy atom. The molecule has 2 heterocycles. The number of benzene rings is 1. The van der Waals surface area contributed by atoms with Gasteiger partial charge in [0.1, 0.15) is 16.9 Å². The van der Waals surface area contributed by atoms with E-state index in [9.17, 15) is 4.79 Å². The van der Waals surface area contributed by atoms with Gasteiger partial charge < -0.3 is 15.4 Å². The normalized spacial score (nSPS) is 21.8. The molecule has 1 aromatic carbocycles. The standard InChI is InChI=1S/C19H21BrN2O2S/c1-3-10-4-6-12-15(8-10)25-19-16(12)18(23)21-17(22-19)11-5-7-14(24-2)13(20)9-11/h5,7,9-10,17,22H,3-4,6,8H2,1-2H3,(H,21,23). The fourth-order valence-corrected chi connectivity index (χ4v) is 5.69. The average molecular weight is 421 g/mol. The number of methoxy groups -OCH3 is 1. The highest BCUT2D eigenvalue weighted by atomic mass is 79.9. The number of carbonyl (C=O) groups is 1. The smallest absolute Gasteiger partial charge is 0.256 e. The summed E-state index contributed by atoms with van der Waals surface area (Å²) in [5, 5.41) is 7.65. The predicted molar refractivity (Wildman–Crippen MR) is 105 cm³/mol. The van der Waals surface area contributed by atoms with Gasteiger partial charge in [0.2, 0.25) is 0 Å². The fourth-order valence-electron chi connectivity index (χ4n) is 3.74. The molecule has 25 heavy (non-hydrogen) atoms. The van der Waals surface area contributed by atoms with Crippen molar-refractivity contribution in [2.45, 2.75) is 38.8 Å². The summed E-state index contributed by atoms with van der Waals surface area (Å²) >= 11 is 5.28. The molecule has 2 unspecified atom stereocenters. The summed E-state index contributed by atoms with van der Waals surface area (Å²) in [7, 11) is 1.65. The SMILES string of the molecule is CCC1CCc2c(sc3c2C(=O)NC(c2ccc(OC)c(Br)c2)N3)C1. The third kappa shape index (κ3) is 2.95. The summed E-state index contributed by atoms with van der Waals surface area (Å²) in [5.41, 5.74) is 3.15. The van der Waals surface area contributed by atoms with Crippen LogP contribution in [-0.2, 0) is 12.8 Å². The molecule has 132 valence electrons. The van der Waals surface area contributed by atoms with Crippen LogP contribution in [0.15, 0.2) is 22.7 Å². The number of carbonyl (C=O) groups excluding carboxylic acids is 1. The van der Waals surface area contributed by atoms with Gasteiger partial charge in [-0.05, 0) is 64.4 Å². The summed E-state index contributed by atoms with van der Waals surface area (Å²) in [6.45, 7) is 2.26. The van der Waals surface area contributed by atoms with E-state index in [4.69, 9.17) is 4.74 Å². The molecule has 2 aliphatic rings. The van der Waals surface area contributed by atoms with Gasteiger partial charge in [0.25, 0.3) is 5.91 Å². The van der Waals surface area contributed by atoms with Gasteiger partial charge in [-0.2, -0.15) is 0 Å². The van der Waals surface area contributed by atoms with Crippen molar-refractivity contribution >= 4 is 38.2 Å². The Kier molecular flexibility index (Phi) is 4.50. The second-order valence-corrected chi connectivity index (χ2v) is 8.63. The van der Waals surface area contributed by atoms with Crippen molar-refractivity contribution in [3.63, 3.8) is 0 Å². The molecule has 2 atom stereocenters. The van der Waals surface area contributed by atoms with Crippen LogP contribution in [0.4, 0.5) is 5.00 Å². The quantitative estimate of drug-likeness (QED) is 0.742. The van der Waals surface area contributed by atoms with Gasteiger partial charge in [-0.1, -0.05) is 19.4 Å². The third-order valence-corrected chi connectivity index (χ3v) is 7.04. The number of hydrogen-bond donors (Lipinski definition) is 2. The fraction of sp³-hybridized carbons (Fsp3) is 0.421. The Morgan fingerprint density at radius 3 is 2.92 bits per heavy atom. The first-order valence-electron chi connectivity index (χ1n) is 8.66. The predicted octanol–water partition coefficient (Wildman–Crippen LogP) is 4.89. The zero-order valence-corrected chi connectivity index (χ0v) is 16.7. The minimum Gasteiger partial charge on any atom is -0.496 e. The van der Waals surface area contributed by atoms with Crippen molar-refractivity contribution in [3.05, 3.63) is 44.2 Å².